The second-order valence-corrected chi connectivity index (χ2v) is 5.89. The highest BCUT2D eigenvalue weighted by atomic mass is 32.2. The van der Waals surface area contributed by atoms with E-state index in [2.05, 4.69) is 42.7 Å². The number of rotatable bonds is 6. The van der Waals surface area contributed by atoms with E-state index in [1.807, 2.05) is 0 Å². The summed E-state index contributed by atoms with van der Waals surface area (Å²) in [5, 5.41) is 3.67. The van der Waals surface area contributed by atoms with E-state index in [0.29, 0.717) is 6.04 Å². The van der Waals surface area contributed by atoms with Gasteiger partial charge in [-0.2, -0.15) is 11.8 Å². The molecule has 15 heavy (non-hydrogen) atoms. The predicted molar refractivity (Wildman–Crippen MR) is 70.7 cm³/mol. The highest BCUT2D eigenvalue weighted by Crippen LogP contribution is 2.08. The molecule has 90 valence electrons. The van der Waals surface area contributed by atoms with Crippen molar-refractivity contribution in [1.29, 1.82) is 0 Å². The molecular formula is C12H26N2S. The van der Waals surface area contributed by atoms with E-state index >= 15 is 0 Å². The van der Waals surface area contributed by atoms with Crippen molar-refractivity contribution in [3.05, 3.63) is 0 Å². The fourth-order valence-corrected chi connectivity index (χ4v) is 3.06. The van der Waals surface area contributed by atoms with Crippen LogP contribution in [-0.2, 0) is 0 Å². The van der Waals surface area contributed by atoms with Crippen LogP contribution in [0.3, 0.4) is 0 Å². The molecule has 0 radical (unpaired) electrons. The third-order valence-electron chi connectivity index (χ3n) is 3.18. The minimum Gasteiger partial charge on any atom is -0.312 e. The Morgan fingerprint density at radius 1 is 1.27 bits per heavy atom. The molecule has 0 aliphatic carbocycles. The Balaban J connectivity index is 2.08. The van der Waals surface area contributed by atoms with E-state index in [1.54, 1.807) is 0 Å². The van der Waals surface area contributed by atoms with Crippen molar-refractivity contribution >= 4 is 11.8 Å². The van der Waals surface area contributed by atoms with Gasteiger partial charge in [0.25, 0.3) is 0 Å². The fourth-order valence-electron chi connectivity index (χ4n) is 2.08. The molecule has 2 nitrogen and oxygen atoms in total. The zero-order chi connectivity index (χ0) is 11.1. The first-order valence-corrected chi connectivity index (χ1v) is 7.43. The van der Waals surface area contributed by atoms with Crippen LogP contribution < -0.4 is 5.32 Å². The highest BCUT2D eigenvalue weighted by molar-refractivity contribution is 7.99. The molecule has 0 aromatic carbocycles. The van der Waals surface area contributed by atoms with Gasteiger partial charge in [0.05, 0.1) is 0 Å². The number of nitrogens with one attached hydrogen (secondary N) is 1. The van der Waals surface area contributed by atoms with Crippen LogP contribution in [0.1, 0.15) is 27.2 Å². The molecule has 1 fully saturated rings. The zero-order valence-corrected chi connectivity index (χ0v) is 11.3. The lowest BCUT2D eigenvalue weighted by Crippen LogP contribution is -2.41. The average molecular weight is 230 g/mol. The van der Waals surface area contributed by atoms with Gasteiger partial charge >= 0.3 is 0 Å². The Hall–Kier alpha value is 0.270. The Bertz CT molecular complexity index is 156. The van der Waals surface area contributed by atoms with Gasteiger partial charge in [-0.05, 0) is 12.3 Å². The predicted octanol–water partition coefficient (Wildman–Crippen LogP) is 2.06. The molecule has 1 N–H and O–H groups in total. The Labute approximate surface area is 99.2 Å². The second-order valence-electron chi connectivity index (χ2n) is 4.67. The summed E-state index contributed by atoms with van der Waals surface area (Å²) in [6.07, 6.45) is 1.24. The molecule has 1 unspecified atom stereocenters. The third kappa shape index (κ3) is 5.23. The average Bonchev–Trinajstić information content (AvgIpc) is 2.25. The lowest BCUT2D eigenvalue weighted by molar-refractivity contribution is 0.284. The smallest absolute Gasteiger partial charge is 0.0108 e. The van der Waals surface area contributed by atoms with Crippen molar-refractivity contribution in [2.45, 2.75) is 33.2 Å². The third-order valence-corrected chi connectivity index (χ3v) is 4.13. The van der Waals surface area contributed by atoms with E-state index in [-0.39, 0.29) is 0 Å². The van der Waals surface area contributed by atoms with E-state index in [0.717, 1.165) is 12.5 Å². The molecule has 1 rings (SSSR count). The van der Waals surface area contributed by atoms with Crippen LogP contribution in [-0.4, -0.2) is 48.6 Å². The maximum atomic E-state index is 3.67. The molecule has 0 aromatic rings. The summed E-state index contributed by atoms with van der Waals surface area (Å²) in [7, 11) is 0. The van der Waals surface area contributed by atoms with Crippen LogP contribution in [0.25, 0.3) is 0 Å². The molecule has 3 heteroatoms. The van der Waals surface area contributed by atoms with Crippen LogP contribution in [0, 0.1) is 5.92 Å². The van der Waals surface area contributed by atoms with Gasteiger partial charge < -0.3 is 10.2 Å². The Kier molecular flexibility index (Phi) is 6.69. The van der Waals surface area contributed by atoms with Crippen LogP contribution in [0.15, 0.2) is 0 Å². The molecule has 0 saturated carbocycles. The molecule has 0 amide bonds. The molecule has 1 atom stereocenters. The summed E-state index contributed by atoms with van der Waals surface area (Å²) in [6.45, 7) is 11.8. The van der Waals surface area contributed by atoms with Crippen LogP contribution in [0.2, 0.25) is 0 Å². The van der Waals surface area contributed by atoms with E-state index in [9.17, 15) is 0 Å². The molecule has 0 aromatic heterocycles. The van der Waals surface area contributed by atoms with E-state index in [4.69, 9.17) is 0 Å². The number of nitrogens with zero attached hydrogens (tertiary/aromatic N) is 1. The van der Waals surface area contributed by atoms with Crippen molar-refractivity contribution in [3.8, 4) is 0 Å². The first-order chi connectivity index (χ1) is 7.24. The molecule has 1 aliphatic rings. The largest absolute Gasteiger partial charge is 0.312 e. The van der Waals surface area contributed by atoms with Crippen LogP contribution >= 0.6 is 11.8 Å². The fraction of sp³-hybridized carbons (Fsp3) is 1.00. The second kappa shape index (κ2) is 7.53. The minimum absolute atomic E-state index is 0.698. The maximum absolute atomic E-state index is 3.67. The van der Waals surface area contributed by atoms with E-state index in [1.165, 1.54) is 37.6 Å². The van der Waals surface area contributed by atoms with Gasteiger partial charge in [0.15, 0.2) is 0 Å². The number of hydrogen-bond acceptors (Lipinski definition) is 3. The van der Waals surface area contributed by atoms with Crippen molar-refractivity contribution in [2.24, 2.45) is 5.92 Å². The first-order valence-electron chi connectivity index (χ1n) is 6.27. The first kappa shape index (κ1) is 13.3. The molecule has 0 spiro atoms. The summed E-state index contributed by atoms with van der Waals surface area (Å²) < 4.78 is 0. The van der Waals surface area contributed by atoms with Crippen LogP contribution in [0.5, 0.6) is 0 Å². The highest BCUT2D eigenvalue weighted by Gasteiger charge is 2.12. The summed E-state index contributed by atoms with van der Waals surface area (Å²) in [6, 6.07) is 0.698. The topological polar surface area (TPSA) is 15.3 Å². The van der Waals surface area contributed by atoms with Gasteiger partial charge in [-0.25, -0.2) is 0 Å². The van der Waals surface area contributed by atoms with Gasteiger partial charge in [-0.15, -0.1) is 0 Å². The van der Waals surface area contributed by atoms with Gasteiger partial charge in [0.1, 0.15) is 0 Å². The maximum Gasteiger partial charge on any atom is 0.0108 e. The normalized spacial score (nSPS) is 20.8. The van der Waals surface area contributed by atoms with Gasteiger partial charge in [0.2, 0.25) is 0 Å². The minimum atomic E-state index is 0.698. The summed E-state index contributed by atoms with van der Waals surface area (Å²) in [4.78, 5) is 2.58. The number of thioether (sulfide) groups is 1. The van der Waals surface area contributed by atoms with Crippen molar-refractivity contribution in [2.75, 3.05) is 37.7 Å². The zero-order valence-electron chi connectivity index (χ0n) is 10.5. The van der Waals surface area contributed by atoms with Crippen molar-refractivity contribution < 1.29 is 0 Å². The Morgan fingerprint density at radius 2 is 1.93 bits per heavy atom. The monoisotopic (exact) mass is 230 g/mol. The SMILES string of the molecule is CCC(NCCN1CCSCC1)C(C)C. The lowest BCUT2D eigenvalue weighted by atomic mass is 10.0. The number of hydrogen-bond donors (Lipinski definition) is 1. The summed E-state index contributed by atoms with van der Waals surface area (Å²) >= 11 is 2.09. The van der Waals surface area contributed by atoms with Crippen molar-refractivity contribution in [1.82, 2.24) is 10.2 Å². The molecule has 1 saturated heterocycles. The van der Waals surface area contributed by atoms with Gasteiger partial charge in [-0.1, -0.05) is 20.8 Å². The van der Waals surface area contributed by atoms with Crippen LogP contribution in [0.4, 0.5) is 0 Å². The van der Waals surface area contributed by atoms with Crippen molar-refractivity contribution in [3.63, 3.8) is 0 Å². The molecule has 1 heterocycles. The quantitative estimate of drug-likeness (QED) is 0.752. The summed E-state index contributed by atoms with van der Waals surface area (Å²) in [5.41, 5.74) is 0. The van der Waals surface area contributed by atoms with E-state index < -0.39 is 0 Å². The molecule has 1 aliphatic heterocycles. The molecular weight excluding hydrogens is 204 g/mol. The Morgan fingerprint density at radius 3 is 2.47 bits per heavy atom. The van der Waals surface area contributed by atoms with Gasteiger partial charge in [-0.3, -0.25) is 0 Å². The van der Waals surface area contributed by atoms with Gasteiger partial charge in [0, 0.05) is 43.7 Å². The standard InChI is InChI=1S/C12H26N2S/c1-4-12(11(2)3)13-5-6-14-7-9-15-10-8-14/h11-13H,4-10H2,1-3H3. The lowest BCUT2D eigenvalue weighted by Gasteiger charge is -2.28. The summed E-state index contributed by atoms with van der Waals surface area (Å²) in [5.74, 6) is 3.40. The molecule has 0 bridgehead atoms.